The molecule has 9 heteroatoms. The van der Waals surface area contributed by atoms with Crippen molar-refractivity contribution < 1.29 is 23.1 Å². The van der Waals surface area contributed by atoms with Crippen LogP contribution in [0.2, 0.25) is 0 Å². The van der Waals surface area contributed by atoms with Crippen LogP contribution in [0.25, 0.3) is 27.8 Å². The zero-order valence-electron chi connectivity index (χ0n) is 27.6. The monoisotopic (exact) mass is 618 g/mol. The van der Waals surface area contributed by atoms with Crippen molar-refractivity contribution in [3.8, 4) is 52.2 Å². The van der Waals surface area contributed by atoms with Gasteiger partial charge in [0.15, 0.2) is 0 Å². The van der Waals surface area contributed by atoms with Crippen molar-refractivity contribution in [1.82, 2.24) is 24.5 Å². The topological polar surface area (TPSA) is 93.4 Å². The van der Waals surface area contributed by atoms with Gasteiger partial charge >= 0.3 is 0 Å². The first-order chi connectivity index (χ1) is 24.5. The van der Waals surface area contributed by atoms with E-state index < -0.39 is 0 Å². The number of fused-ring (bicyclic) bond motifs is 3. The Morgan fingerprint density at radius 1 is 0.447 bits per heavy atom. The molecule has 4 aromatic carbocycles. The summed E-state index contributed by atoms with van der Waals surface area (Å²) in [5.41, 5.74) is 1.33. The number of aromatic nitrogens is 5. The highest BCUT2D eigenvalue weighted by molar-refractivity contribution is 6.09. The number of hydrogen-bond acceptors (Lipinski definition) is 8. The van der Waals surface area contributed by atoms with Gasteiger partial charge in [-0.05, 0) is 66.7 Å². The van der Waals surface area contributed by atoms with E-state index in [-0.39, 0.29) is 24.3 Å². The molecule has 0 radical (unpaired) electrons. The Labute approximate surface area is 273 Å². The third-order valence-corrected chi connectivity index (χ3v) is 7.14. The maximum Gasteiger partial charge on any atom is 0.234 e. The van der Waals surface area contributed by atoms with Crippen LogP contribution in [0, 0.1) is 0 Å². The Morgan fingerprint density at radius 2 is 0.915 bits per heavy atom. The third kappa shape index (κ3) is 6.01. The summed E-state index contributed by atoms with van der Waals surface area (Å²) in [6, 6.07) is 36.2. The Morgan fingerprint density at radius 3 is 1.38 bits per heavy atom. The van der Waals surface area contributed by atoms with Gasteiger partial charge in [0, 0.05) is 71.9 Å². The van der Waals surface area contributed by atoms with Crippen molar-refractivity contribution in [3.05, 3.63) is 152 Å². The van der Waals surface area contributed by atoms with Gasteiger partial charge < -0.3 is 18.9 Å². The predicted octanol–water partition coefficient (Wildman–Crippen LogP) is 9.53. The van der Waals surface area contributed by atoms with Crippen molar-refractivity contribution >= 4 is 21.8 Å². The molecule has 0 fully saturated rings. The minimum absolute atomic E-state index is 0.0711. The van der Waals surface area contributed by atoms with Crippen molar-refractivity contribution in [2.75, 3.05) is 0 Å². The zero-order valence-corrected chi connectivity index (χ0v) is 24.6. The molecule has 0 aliphatic heterocycles. The molecule has 8 rings (SSSR count). The number of ether oxygens (including phenoxy) is 4. The lowest BCUT2D eigenvalue weighted by Crippen LogP contribution is -2.00. The maximum absolute atomic E-state index is 8.25. The average molecular weight is 619 g/mol. The van der Waals surface area contributed by atoms with Gasteiger partial charge in [-0.15, -0.1) is 0 Å². The van der Waals surface area contributed by atoms with E-state index in [0.717, 1.165) is 10.8 Å². The van der Waals surface area contributed by atoms with Crippen LogP contribution >= 0.6 is 0 Å². The van der Waals surface area contributed by atoms with Gasteiger partial charge in [0.2, 0.25) is 17.7 Å². The van der Waals surface area contributed by atoms with Crippen LogP contribution in [-0.2, 0) is 0 Å². The van der Waals surface area contributed by atoms with Crippen molar-refractivity contribution in [3.63, 3.8) is 0 Å². The standard InChI is InChI=1S/C38H25N5O4/c1-3-18-39-36(12-1)46-28-10-5-8-26(22-28)44-30-14-16-32-33-17-15-31(25-35(33)43(34(32)24-30)38-41-20-7-21-42-38)45-27-9-6-11-29(23-27)47-37-13-2-4-19-40-37/h1-25H/i7D,20D,21D. The fourth-order valence-corrected chi connectivity index (χ4v) is 5.16. The molecule has 47 heavy (non-hydrogen) atoms. The van der Waals surface area contributed by atoms with Crippen LogP contribution < -0.4 is 18.9 Å². The number of pyridine rings is 2. The smallest absolute Gasteiger partial charge is 0.234 e. The van der Waals surface area contributed by atoms with E-state index >= 15 is 0 Å². The molecule has 8 aromatic rings. The molecule has 4 aromatic heterocycles. The zero-order chi connectivity index (χ0) is 34.0. The minimum atomic E-state index is -0.358. The highest BCUT2D eigenvalue weighted by atomic mass is 16.5. The van der Waals surface area contributed by atoms with E-state index in [9.17, 15) is 0 Å². The summed E-state index contributed by atoms with van der Waals surface area (Å²) in [5.74, 6) is 4.25. The summed E-state index contributed by atoms with van der Waals surface area (Å²) < 4.78 is 50.6. The van der Waals surface area contributed by atoms with Crippen LogP contribution in [0.15, 0.2) is 152 Å². The molecular weight excluding hydrogens is 590 g/mol. The molecule has 0 atom stereocenters. The summed E-state index contributed by atoms with van der Waals surface area (Å²) in [6.45, 7) is 0. The first-order valence-electron chi connectivity index (χ1n) is 16.1. The second-order valence-electron chi connectivity index (χ2n) is 10.3. The molecule has 0 saturated heterocycles. The lowest BCUT2D eigenvalue weighted by atomic mass is 10.1. The second kappa shape index (κ2) is 12.3. The van der Waals surface area contributed by atoms with Crippen LogP contribution in [0.3, 0.4) is 0 Å². The summed E-state index contributed by atoms with van der Waals surface area (Å²) >= 11 is 0. The lowest BCUT2D eigenvalue weighted by molar-refractivity contribution is 0.448. The molecule has 226 valence electrons. The van der Waals surface area contributed by atoms with Gasteiger partial charge in [-0.3, -0.25) is 4.57 Å². The third-order valence-electron chi connectivity index (χ3n) is 7.14. The summed E-state index contributed by atoms with van der Waals surface area (Å²) in [6.07, 6.45) is 2.60. The molecule has 0 spiro atoms. The van der Waals surface area contributed by atoms with Crippen LogP contribution in [0.1, 0.15) is 4.11 Å². The summed E-state index contributed by atoms with van der Waals surface area (Å²) in [4.78, 5) is 17.0. The second-order valence-corrected chi connectivity index (χ2v) is 10.3. The van der Waals surface area contributed by atoms with E-state index in [1.807, 2.05) is 97.1 Å². The van der Waals surface area contributed by atoms with Gasteiger partial charge in [-0.25, -0.2) is 19.9 Å². The van der Waals surface area contributed by atoms with E-state index in [1.54, 1.807) is 41.2 Å². The van der Waals surface area contributed by atoms with Crippen molar-refractivity contribution in [1.29, 1.82) is 0 Å². The highest BCUT2D eigenvalue weighted by Gasteiger charge is 2.16. The molecule has 9 nitrogen and oxygen atoms in total. The fraction of sp³-hybridized carbons (Fsp3) is 0. The van der Waals surface area contributed by atoms with E-state index in [4.69, 9.17) is 23.1 Å². The number of hydrogen-bond donors (Lipinski definition) is 0. The quantitative estimate of drug-likeness (QED) is 0.158. The molecule has 0 unspecified atom stereocenters. The minimum Gasteiger partial charge on any atom is -0.457 e. The first kappa shape index (κ1) is 24.6. The molecule has 0 amide bonds. The van der Waals surface area contributed by atoms with Crippen molar-refractivity contribution in [2.24, 2.45) is 0 Å². The van der Waals surface area contributed by atoms with Gasteiger partial charge in [0.05, 0.1) is 15.1 Å². The average Bonchev–Trinajstić information content (AvgIpc) is 3.44. The normalized spacial score (nSPS) is 11.9. The van der Waals surface area contributed by atoms with Crippen LogP contribution in [0.5, 0.6) is 46.3 Å². The van der Waals surface area contributed by atoms with E-state index in [0.29, 0.717) is 57.3 Å². The Kier molecular flexibility index (Phi) is 6.45. The van der Waals surface area contributed by atoms with Crippen LogP contribution in [0.4, 0.5) is 0 Å². The lowest BCUT2D eigenvalue weighted by Gasteiger charge is -2.10. The summed E-state index contributed by atoms with van der Waals surface area (Å²) in [7, 11) is 0. The van der Waals surface area contributed by atoms with Gasteiger partial charge in [-0.2, -0.15) is 0 Å². The SMILES string of the molecule is [2H]c1nc(-n2c3cc(Oc4cccc(Oc5ccccn5)c4)ccc3c3ccc(Oc4cccc(Oc5ccccn5)c4)cc32)nc([2H])c1[2H]. The number of rotatable bonds is 9. The number of benzene rings is 4. The van der Waals surface area contributed by atoms with Gasteiger partial charge in [-0.1, -0.05) is 24.3 Å². The van der Waals surface area contributed by atoms with Gasteiger partial charge in [0.25, 0.3) is 0 Å². The fourth-order valence-electron chi connectivity index (χ4n) is 5.16. The van der Waals surface area contributed by atoms with E-state index in [2.05, 4.69) is 19.9 Å². The Hall–Kier alpha value is -6.74. The Balaban J connectivity index is 1.17. The molecule has 0 aliphatic rings. The molecular formula is C38H25N5O4. The molecule has 0 saturated carbocycles. The predicted molar refractivity (Wildman–Crippen MR) is 178 cm³/mol. The molecule has 0 N–H and O–H groups in total. The molecule has 0 bridgehead atoms. The summed E-state index contributed by atoms with van der Waals surface area (Å²) in [5, 5.41) is 1.71. The van der Waals surface area contributed by atoms with Crippen LogP contribution in [-0.4, -0.2) is 24.5 Å². The Bertz CT molecular complexity index is 2330. The molecule has 0 aliphatic carbocycles. The maximum atomic E-state index is 8.25. The highest BCUT2D eigenvalue weighted by Crippen LogP contribution is 2.38. The van der Waals surface area contributed by atoms with Crippen molar-refractivity contribution in [2.45, 2.75) is 0 Å². The largest absolute Gasteiger partial charge is 0.457 e. The first-order valence-corrected chi connectivity index (χ1v) is 14.6. The van der Waals surface area contributed by atoms with Gasteiger partial charge in [0.1, 0.15) is 34.5 Å². The number of nitrogens with zero attached hydrogens (tertiary/aromatic N) is 5. The molecule has 4 heterocycles. The van der Waals surface area contributed by atoms with E-state index in [1.165, 1.54) is 0 Å².